The molecule has 7 aromatic rings. The van der Waals surface area contributed by atoms with Gasteiger partial charge in [0.1, 0.15) is 68.5 Å². The van der Waals surface area contributed by atoms with E-state index >= 15 is 0 Å². The van der Waals surface area contributed by atoms with Gasteiger partial charge in [-0.05, 0) is 142 Å². The highest BCUT2D eigenvalue weighted by molar-refractivity contribution is 6.05. The fourth-order valence-corrected chi connectivity index (χ4v) is 14.0. The summed E-state index contributed by atoms with van der Waals surface area (Å²) < 4.78 is 94.0. The molecule has 3 saturated carbocycles. The van der Waals surface area contributed by atoms with Crippen LogP contribution in [0.5, 0.6) is 23.1 Å². The van der Waals surface area contributed by atoms with Crippen molar-refractivity contribution in [3.8, 4) is 68.7 Å². The summed E-state index contributed by atoms with van der Waals surface area (Å²) in [5.41, 5.74) is 38.4. The Morgan fingerprint density at radius 2 is 0.919 bits per heavy atom. The molecule has 3 aliphatic carbocycles. The lowest BCUT2D eigenvalue weighted by Gasteiger charge is -2.58. The van der Waals surface area contributed by atoms with Crippen molar-refractivity contribution in [3.05, 3.63) is 139 Å². The lowest BCUT2D eigenvalue weighted by atomic mass is 9.60. The van der Waals surface area contributed by atoms with Gasteiger partial charge >= 0.3 is 12.4 Å². The maximum absolute atomic E-state index is 12.3. The first-order chi connectivity index (χ1) is 46.9. The number of aromatic nitrogens is 7. The van der Waals surface area contributed by atoms with Crippen molar-refractivity contribution in [3.63, 3.8) is 0 Å². The van der Waals surface area contributed by atoms with Gasteiger partial charge in [0.25, 0.3) is 23.6 Å². The van der Waals surface area contributed by atoms with Crippen LogP contribution in [0.1, 0.15) is 101 Å². The summed E-state index contributed by atoms with van der Waals surface area (Å²) in [7, 11) is 0. The van der Waals surface area contributed by atoms with Gasteiger partial charge < -0.3 is 63.3 Å². The van der Waals surface area contributed by atoms with E-state index in [9.17, 15) is 55.1 Å². The molecule has 4 aromatic heterocycles. The van der Waals surface area contributed by atoms with E-state index in [1.807, 2.05) is 35.2 Å². The van der Waals surface area contributed by atoms with Gasteiger partial charge in [-0.2, -0.15) is 41.6 Å². The van der Waals surface area contributed by atoms with Crippen LogP contribution >= 0.6 is 0 Å². The maximum Gasteiger partial charge on any atom is 0.422 e. The van der Waals surface area contributed by atoms with Crippen molar-refractivity contribution in [2.24, 2.45) is 33.4 Å². The molecule has 31 heteroatoms. The number of hydrogen-bond acceptors (Lipinski definition) is 16. The first kappa shape index (κ1) is 69.0. The molecule has 518 valence electrons. The summed E-state index contributed by atoms with van der Waals surface area (Å²) in [4.78, 5) is 81.5. The van der Waals surface area contributed by atoms with E-state index in [0.29, 0.717) is 66.7 Å². The minimum Gasteiger partial charge on any atom is -0.484 e. The monoisotopic (exact) mass is 1370 g/mol. The average Bonchev–Trinajstić information content (AvgIpc) is 1.74. The van der Waals surface area contributed by atoms with E-state index in [4.69, 9.17) is 48.6 Å². The Morgan fingerprint density at radius 3 is 1.30 bits per heavy atom. The van der Waals surface area contributed by atoms with Crippen LogP contribution < -0.4 is 48.6 Å². The second-order valence-corrected chi connectivity index (χ2v) is 25.7. The van der Waals surface area contributed by atoms with Gasteiger partial charge in [0.2, 0.25) is 17.7 Å². The van der Waals surface area contributed by atoms with Crippen LogP contribution in [0, 0.1) is 28.1 Å². The molecule has 13 rings (SSSR count). The number of amides is 6. The first-order valence-corrected chi connectivity index (χ1v) is 31.3. The summed E-state index contributed by atoms with van der Waals surface area (Å²) in [6.45, 7) is 9.83. The molecular weight excluding hydrogens is 1300 g/mol. The minimum atomic E-state index is -4.45. The summed E-state index contributed by atoms with van der Waals surface area (Å²) in [6, 6.07) is 24.2. The van der Waals surface area contributed by atoms with E-state index in [-0.39, 0.29) is 109 Å². The van der Waals surface area contributed by atoms with Crippen molar-refractivity contribution in [2.45, 2.75) is 82.3 Å². The Kier molecular flexibility index (Phi) is 18.8. The molecule has 0 atom stereocenters. The Labute approximate surface area is 562 Å². The van der Waals surface area contributed by atoms with Gasteiger partial charge in [-0.15, -0.1) is 0 Å². The van der Waals surface area contributed by atoms with Crippen molar-refractivity contribution in [1.82, 2.24) is 49.0 Å². The number of benzene rings is 3. The van der Waals surface area contributed by atoms with Crippen LogP contribution in [-0.2, 0) is 14.4 Å². The summed E-state index contributed by atoms with van der Waals surface area (Å²) in [5.74, 6) is 4.36. The van der Waals surface area contributed by atoms with Crippen LogP contribution in [0.2, 0.25) is 0 Å². The number of rotatable bonds is 17. The number of likely N-dealkylation sites (tertiary alicyclic amines) is 3. The number of anilines is 3. The number of nitrogens with zero attached hydrogens (tertiary/aromatic N) is 10. The summed E-state index contributed by atoms with van der Waals surface area (Å²) >= 11 is 0. The van der Waals surface area contributed by atoms with Crippen molar-refractivity contribution in [1.29, 1.82) is 0 Å². The van der Waals surface area contributed by atoms with Crippen LogP contribution in [0.15, 0.2) is 123 Å². The van der Waals surface area contributed by atoms with Gasteiger partial charge in [-0.3, -0.25) is 28.8 Å². The van der Waals surface area contributed by atoms with E-state index in [1.54, 1.807) is 49.1 Å². The highest BCUT2D eigenvalue weighted by Crippen LogP contribution is 2.57. The van der Waals surface area contributed by atoms with Crippen LogP contribution in [-0.4, -0.2) is 149 Å². The van der Waals surface area contributed by atoms with E-state index in [1.165, 1.54) is 60.7 Å². The van der Waals surface area contributed by atoms with Crippen molar-refractivity contribution in [2.75, 3.05) is 69.7 Å². The zero-order valence-corrected chi connectivity index (χ0v) is 53.5. The molecule has 12 N–H and O–H groups in total. The smallest absolute Gasteiger partial charge is 0.422 e. The molecule has 3 spiro atoms. The number of nitrogens with two attached hydrogens (primary N) is 6. The third kappa shape index (κ3) is 14.6. The molecule has 3 aromatic carbocycles. The van der Waals surface area contributed by atoms with Gasteiger partial charge in [-0.25, -0.2) is 19.0 Å². The molecule has 0 unspecified atom stereocenters. The number of ether oxygens (including phenoxy) is 3. The molecule has 99 heavy (non-hydrogen) atoms. The number of nitrogen functional groups attached to an aromatic ring is 3. The van der Waals surface area contributed by atoms with Crippen molar-refractivity contribution < 1.29 is 69.3 Å². The molecule has 3 saturated heterocycles. The predicted octanol–water partition coefficient (Wildman–Crippen LogP) is 8.04. The maximum atomic E-state index is 12.3. The second kappa shape index (κ2) is 26.9. The summed E-state index contributed by atoms with van der Waals surface area (Å²) in [5, 5.41) is 13.7. The molecule has 6 amide bonds. The Bertz CT molecular complexity index is 4330. The van der Waals surface area contributed by atoms with Crippen LogP contribution in [0.4, 0.5) is 43.8 Å². The van der Waals surface area contributed by atoms with E-state index in [0.717, 1.165) is 51.5 Å². The highest BCUT2D eigenvalue weighted by Gasteiger charge is 2.56. The number of pyridine rings is 1. The number of hydrogen-bond donors (Lipinski definition) is 6. The van der Waals surface area contributed by atoms with Gasteiger partial charge in [0, 0.05) is 79.1 Å². The lowest BCUT2D eigenvalue weighted by molar-refractivity contribution is -0.154. The van der Waals surface area contributed by atoms with E-state index < -0.39 is 43.3 Å². The second-order valence-electron chi connectivity index (χ2n) is 25.7. The Balaban J connectivity index is 0.000000150. The van der Waals surface area contributed by atoms with Gasteiger partial charge in [0.05, 0.1) is 18.1 Å². The number of carbonyl (C=O) groups excluding carboxylic acids is 6. The number of para-hydroxylation sites is 1. The van der Waals surface area contributed by atoms with E-state index in [2.05, 4.69) is 45.3 Å². The molecule has 25 nitrogen and oxygen atoms in total. The lowest BCUT2D eigenvalue weighted by Crippen LogP contribution is -2.63. The Hall–Kier alpha value is -11.3. The number of primary amides is 3. The molecule has 6 fully saturated rings. The average molecular weight is 1370 g/mol. The van der Waals surface area contributed by atoms with Gasteiger partial charge in [0.15, 0.2) is 13.2 Å². The third-order valence-electron chi connectivity index (χ3n) is 18.7. The number of halogens is 6. The molecule has 6 aliphatic rings. The molecular formula is C68H70F6N16O9. The summed E-state index contributed by atoms with van der Waals surface area (Å²) in [6.07, 6.45) is 0.939. The number of alkyl halides is 6. The fourth-order valence-electron chi connectivity index (χ4n) is 14.0. The third-order valence-corrected chi connectivity index (χ3v) is 18.7. The minimum absolute atomic E-state index is 0.00133. The quantitative estimate of drug-likeness (QED) is 0.0285. The predicted molar refractivity (Wildman–Crippen MR) is 350 cm³/mol. The zero-order valence-electron chi connectivity index (χ0n) is 53.5. The Morgan fingerprint density at radius 1 is 0.535 bits per heavy atom. The SMILES string of the molecule is C=CC(=O)N1CC2(CC(n3nc(-c4ccc(OCC(F)(F)F)cc4)c(C(N)=O)c3N)C2)C1.C=CC(=O)N1CCC2(CC(n3nc(-c4ccc(Oc5ccccc5)nc4)c(C(N)=O)c3N)C2)C1.CC#CC(=O)N1CC2(CC(n3nc(-c4ccc(OCC(F)(F)F)cc4)c(C(N)=O)c3N)C2)C1. The van der Waals surface area contributed by atoms with Crippen LogP contribution in [0.3, 0.4) is 0 Å². The first-order valence-electron chi connectivity index (χ1n) is 31.3. The molecule has 0 radical (unpaired) electrons. The molecule has 0 bridgehead atoms. The standard InChI is InChI=1S/C25H26N6O3.C22H22F3N5O3.C21H22F3N5O3/c1-2-20(32)30-11-10-25(15-30)12-17(13-25)31-23(26)21(24(27)33)22(29-31)16-8-9-19(28-14-16)34-18-6-4-3-5-7-18;1-2-3-16(31)29-10-21(11-29)8-14(9-21)30-19(26)17(20(27)32)18(28-30)13-4-6-15(7-5-13)33-12-22(23,24)25;1-2-15(30)28-9-20(10-28)7-13(8-20)29-18(25)16(19(26)31)17(27-29)12-3-5-14(6-4-12)32-11-21(22,23)24/h2-9,14,17H,1,10-13,15,26H2,(H2,27,33);4-7,14H,8-12,26H2,1H3,(H2,27,32);2-6,13H,1,7-11,25H2,(H2,26,31). The van der Waals surface area contributed by atoms with Gasteiger partial charge in [-0.1, -0.05) is 37.3 Å². The topological polar surface area (TPSA) is 362 Å². The van der Waals surface area contributed by atoms with Crippen LogP contribution in [0.25, 0.3) is 33.8 Å². The van der Waals surface area contributed by atoms with Crippen molar-refractivity contribution >= 4 is 52.9 Å². The molecule has 3 aliphatic heterocycles. The largest absolute Gasteiger partial charge is 0.484 e. The number of carbonyl (C=O) groups is 6. The fraction of sp³-hybridized carbons (Fsp3) is 0.353. The zero-order chi connectivity index (χ0) is 71.1. The molecule has 7 heterocycles. The highest BCUT2D eigenvalue weighted by atomic mass is 19.4. The normalized spacial score (nSPS) is 17.1.